The van der Waals surface area contributed by atoms with Gasteiger partial charge < -0.3 is 5.73 Å². The Balaban J connectivity index is 2.19. The monoisotopic (exact) mass is 317 g/mol. The molecular weight excluding hydrogens is 305 g/mol. The average Bonchev–Trinajstić information content (AvgIpc) is 2.84. The molecule has 0 aliphatic carbocycles. The molecule has 0 aliphatic rings. The van der Waals surface area contributed by atoms with Crippen LogP contribution in [0.25, 0.3) is 22.4 Å². The average molecular weight is 318 g/mol. The number of anilines is 1. The summed E-state index contributed by atoms with van der Waals surface area (Å²) in [4.78, 5) is 0. The number of rotatable bonds is 2. The molecule has 0 saturated heterocycles. The van der Waals surface area contributed by atoms with Crippen LogP contribution < -0.4 is 5.73 Å². The van der Waals surface area contributed by atoms with E-state index in [-0.39, 0.29) is 0 Å². The van der Waals surface area contributed by atoms with Gasteiger partial charge in [0.05, 0.1) is 21.3 Å². The van der Waals surface area contributed by atoms with E-state index in [1.165, 1.54) is 0 Å². The molecule has 5 heteroatoms. The van der Waals surface area contributed by atoms with Gasteiger partial charge in [-0.2, -0.15) is 5.10 Å². The van der Waals surface area contributed by atoms with E-state index < -0.39 is 0 Å². The van der Waals surface area contributed by atoms with Crippen molar-refractivity contribution < 1.29 is 0 Å². The van der Waals surface area contributed by atoms with Crippen molar-refractivity contribution in [2.24, 2.45) is 0 Å². The Morgan fingerprint density at radius 1 is 1.00 bits per heavy atom. The second kappa shape index (κ2) is 5.43. The van der Waals surface area contributed by atoms with Crippen molar-refractivity contribution in [3.05, 3.63) is 58.1 Å². The molecule has 2 aromatic carbocycles. The van der Waals surface area contributed by atoms with Crippen LogP contribution in [0.1, 0.15) is 5.56 Å². The van der Waals surface area contributed by atoms with Crippen LogP contribution >= 0.6 is 23.2 Å². The predicted octanol–water partition coefficient (Wildman–Crippen LogP) is 4.94. The summed E-state index contributed by atoms with van der Waals surface area (Å²) in [5.74, 6) is 0.460. The molecule has 0 unspecified atom stereocenters. The molecule has 0 spiro atoms. The normalized spacial score (nSPS) is 10.8. The fraction of sp³-hybridized carbons (Fsp3) is 0.0625. The zero-order valence-electron chi connectivity index (χ0n) is 11.3. The summed E-state index contributed by atoms with van der Waals surface area (Å²) in [7, 11) is 0. The molecule has 3 N–H and O–H groups in total. The number of nitrogens with two attached hydrogens (primary N) is 1. The van der Waals surface area contributed by atoms with Crippen molar-refractivity contribution in [2.75, 3.05) is 5.73 Å². The zero-order chi connectivity index (χ0) is 15.0. The molecule has 1 heterocycles. The number of nitrogens with zero attached hydrogens (tertiary/aromatic N) is 1. The van der Waals surface area contributed by atoms with Gasteiger partial charge in [0.2, 0.25) is 0 Å². The largest absolute Gasteiger partial charge is 0.382 e. The van der Waals surface area contributed by atoms with E-state index in [1.807, 2.05) is 31.2 Å². The maximum atomic E-state index is 6.10. The Morgan fingerprint density at radius 3 is 2.52 bits per heavy atom. The lowest BCUT2D eigenvalue weighted by molar-refractivity contribution is 1.10. The second-order valence-electron chi connectivity index (χ2n) is 4.86. The number of halogens is 2. The van der Waals surface area contributed by atoms with Crippen LogP contribution in [0.4, 0.5) is 5.82 Å². The summed E-state index contributed by atoms with van der Waals surface area (Å²) in [6.07, 6.45) is 0. The third-order valence-electron chi connectivity index (χ3n) is 3.31. The number of nitrogen functional groups attached to an aromatic ring is 1. The van der Waals surface area contributed by atoms with Gasteiger partial charge in [-0.15, -0.1) is 0 Å². The summed E-state index contributed by atoms with van der Waals surface area (Å²) in [5, 5.41) is 8.12. The molecule has 3 nitrogen and oxygen atoms in total. The molecule has 0 saturated carbocycles. The third-order valence-corrected chi connectivity index (χ3v) is 4.05. The Labute approximate surface area is 132 Å². The first-order valence-electron chi connectivity index (χ1n) is 6.42. The van der Waals surface area contributed by atoms with Crippen LogP contribution in [0.2, 0.25) is 10.0 Å². The highest BCUT2D eigenvalue weighted by atomic mass is 35.5. The lowest BCUT2D eigenvalue weighted by Crippen LogP contribution is -1.89. The summed E-state index contributed by atoms with van der Waals surface area (Å²) in [6, 6.07) is 13.6. The molecule has 0 atom stereocenters. The van der Waals surface area contributed by atoms with Crippen LogP contribution in [-0.4, -0.2) is 10.2 Å². The zero-order valence-corrected chi connectivity index (χ0v) is 12.8. The predicted molar refractivity (Wildman–Crippen MR) is 88.6 cm³/mol. The number of nitrogens with one attached hydrogen (secondary N) is 1. The molecule has 0 aliphatic heterocycles. The molecule has 3 aromatic rings. The van der Waals surface area contributed by atoms with Gasteiger partial charge in [-0.25, -0.2) is 0 Å². The molecular formula is C16H13Cl2N3. The smallest absolute Gasteiger partial charge is 0.153 e. The van der Waals surface area contributed by atoms with E-state index >= 15 is 0 Å². The van der Waals surface area contributed by atoms with Crippen LogP contribution in [0.5, 0.6) is 0 Å². The molecule has 0 radical (unpaired) electrons. The van der Waals surface area contributed by atoms with Gasteiger partial charge in [0.15, 0.2) is 5.82 Å². The van der Waals surface area contributed by atoms with Gasteiger partial charge in [0.25, 0.3) is 0 Å². The summed E-state index contributed by atoms with van der Waals surface area (Å²) in [5.41, 5.74) is 10.8. The van der Waals surface area contributed by atoms with E-state index in [0.717, 1.165) is 27.9 Å². The molecule has 0 bridgehead atoms. The Morgan fingerprint density at radius 2 is 1.81 bits per heavy atom. The van der Waals surface area contributed by atoms with Gasteiger partial charge in [0.1, 0.15) is 0 Å². The highest BCUT2D eigenvalue weighted by Crippen LogP contribution is 2.37. The maximum absolute atomic E-state index is 6.10. The first-order valence-corrected chi connectivity index (χ1v) is 7.18. The minimum Gasteiger partial charge on any atom is -0.382 e. The van der Waals surface area contributed by atoms with E-state index in [0.29, 0.717) is 15.9 Å². The van der Waals surface area contributed by atoms with Crippen LogP contribution in [-0.2, 0) is 0 Å². The van der Waals surface area contributed by atoms with Gasteiger partial charge in [-0.3, -0.25) is 5.10 Å². The Kier molecular flexibility index (Phi) is 3.62. The standard InChI is InChI=1S/C16H13Cl2N3/c1-9-3-2-4-10(7-9)14-15(20-21-16(14)19)11-5-6-12(17)13(18)8-11/h2-8H,1H3,(H3,19,20,21). The topological polar surface area (TPSA) is 54.7 Å². The molecule has 106 valence electrons. The first kappa shape index (κ1) is 14.0. The van der Waals surface area contributed by atoms with E-state index in [2.05, 4.69) is 16.3 Å². The minimum absolute atomic E-state index is 0.460. The number of aromatic amines is 1. The van der Waals surface area contributed by atoms with Crippen molar-refractivity contribution in [2.45, 2.75) is 6.92 Å². The maximum Gasteiger partial charge on any atom is 0.153 e. The number of hydrogen-bond donors (Lipinski definition) is 2. The van der Waals surface area contributed by atoms with Crippen molar-refractivity contribution in [1.29, 1.82) is 0 Å². The highest BCUT2D eigenvalue weighted by molar-refractivity contribution is 6.42. The summed E-state index contributed by atoms with van der Waals surface area (Å²) in [6.45, 7) is 2.04. The van der Waals surface area contributed by atoms with E-state index in [4.69, 9.17) is 28.9 Å². The van der Waals surface area contributed by atoms with Crippen LogP contribution in [0, 0.1) is 6.92 Å². The molecule has 3 rings (SSSR count). The van der Waals surface area contributed by atoms with Gasteiger partial charge in [-0.05, 0) is 24.6 Å². The lowest BCUT2D eigenvalue weighted by atomic mass is 9.99. The number of H-pyrrole nitrogens is 1. The molecule has 1 aromatic heterocycles. The Bertz CT molecular complexity index is 809. The highest BCUT2D eigenvalue weighted by Gasteiger charge is 2.15. The molecule has 0 fully saturated rings. The molecule has 0 amide bonds. The first-order chi connectivity index (χ1) is 10.1. The van der Waals surface area contributed by atoms with Crippen molar-refractivity contribution in [1.82, 2.24) is 10.2 Å². The SMILES string of the molecule is Cc1cccc(-c2c(N)n[nH]c2-c2ccc(Cl)c(Cl)c2)c1. The number of aryl methyl sites for hydroxylation is 1. The fourth-order valence-electron chi connectivity index (χ4n) is 2.31. The van der Waals surface area contributed by atoms with Crippen molar-refractivity contribution in [3.8, 4) is 22.4 Å². The summed E-state index contributed by atoms with van der Waals surface area (Å²) < 4.78 is 0. The van der Waals surface area contributed by atoms with E-state index in [1.54, 1.807) is 12.1 Å². The van der Waals surface area contributed by atoms with E-state index in [9.17, 15) is 0 Å². The van der Waals surface area contributed by atoms with Crippen molar-refractivity contribution >= 4 is 29.0 Å². The third kappa shape index (κ3) is 2.62. The minimum atomic E-state index is 0.460. The molecule has 21 heavy (non-hydrogen) atoms. The Hall–Kier alpha value is -1.97. The van der Waals surface area contributed by atoms with Gasteiger partial charge >= 0.3 is 0 Å². The lowest BCUT2D eigenvalue weighted by Gasteiger charge is -2.07. The van der Waals surface area contributed by atoms with Gasteiger partial charge in [0, 0.05) is 5.56 Å². The summed E-state index contributed by atoms with van der Waals surface area (Å²) >= 11 is 12.1. The number of benzene rings is 2. The second-order valence-corrected chi connectivity index (χ2v) is 5.67. The number of hydrogen-bond acceptors (Lipinski definition) is 2. The van der Waals surface area contributed by atoms with Crippen LogP contribution in [0.3, 0.4) is 0 Å². The van der Waals surface area contributed by atoms with Crippen LogP contribution in [0.15, 0.2) is 42.5 Å². The van der Waals surface area contributed by atoms with Gasteiger partial charge in [-0.1, -0.05) is 59.1 Å². The van der Waals surface area contributed by atoms with Crippen molar-refractivity contribution in [3.63, 3.8) is 0 Å². The quantitative estimate of drug-likeness (QED) is 0.703. The fourth-order valence-corrected chi connectivity index (χ4v) is 2.61. The number of aromatic nitrogens is 2.